The van der Waals surface area contributed by atoms with Crippen LogP contribution in [-0.2, 0) is 14.3 Å². The minimum atomic E-state index is -1.05. The Balaban J connectivity index is 1.87. The van der Waals surface area contributed by atoms with Crippen LogP contribution in [0.2, 0.25) is 0 Å². The van der Waals surface area contributed by atoms with Crippen molar-refractivity contribution in [2.24, 2.45) is 0 Å². The van der Waals surface area contributed by atoms with Crippen LogP contribution in [0.25, 0.3) is 0 Å². The number of hydrogen-bond donors (Lipinski definition) is 2. The van der Waals surface area contributed by atoms with Crippen molar-refractivity contribution in [3.63, 3.8) is 0 Å². The second kappa shape index (κ2) is 8.84. The Labute approximate surface area is 157 Å². The lowest BCUT2D eigenvalue weighted by molar-refractivity contribution is -0.140. The highest BCUT2D eigenvalue weighted by Gasteiger charge is 2.23. The Morgan fingerprint density at radius 2 is 1.67 bits per heavy atom. The van der Waals surface area contributed by atoms with Gasteiger partial charge in [-0.15, -0.1) is 0 Å². The molecule has 1 atom stereocenters. The van der Waals surface area contributed by atoms with Gasteiger partial charge in [0.2, 0.25) is 5.91 Å². The molecule has 0 aromatic heterocycles. The molecule has 142 valence electrons. The molecule has 2 rings (SSSR count). The normalized spacial score (nSPS) is 11.4. The van der Waals surface area contributed by atoms with Gasteiger partial charge in [-0.3, -0.25) is 9.59 Å². The van der Waals surface area contributed by atoms with E-state index in [-0.39, 0.29) is 23.8 Å². The molecule has 2 N–H and O–H groups in total. The molecule has 0 fully saturated rings. The maximum absolute atomic E-state index is 12.3. The molecule has 0 unspecified atom stereocenters. The Morgan fingerprint density at radius 1 is 1.07 bits per heavy atom. The third-order valence-electron chi connectivity index (χ3n) is 3.83. The van der Waals surface area contributed by atoms with Gasteiger partial charge < -0.3 is 20.1 Å². The van der Waals surface area contributed by atoms with E-state index in [1.54, 1.807) is 12.1 Å². The third-order valence-corrected chi connectivity index (χ3v) is 3.83. The molecule has 2 aromatic rings. The second-order valence-corrected chi connectivity index (χ2v) is 6.20. The number of phenols is 1. The van der Waals surface area contributed by atoms with Gasteiger partial charge in [-0.05, 0) is 50.2 Å². The molecule has 27 heavy (non-hydrogen) atoms. The molecule has 2 aromatic carbocycles. The zero-order valence-corrected chi connectivity index (χ0v) is 15.4. The first-order chi connectivity index (χ1) is 12.8. The summed E-state index contributed by atoms with van der Waals surface area (Å²) in [6, 6.07) is 12.8. The Hall–Kier alpha value is -3.35. The highest BCUT2D eigenvalue weighted by atomic mass is 16.5. The number of aromatic hydroxyl groups is 1. The van der Waals surface area contributed by atoms with Crippen molar-refractivity contribution < 1.29 is 24.2 Å². The number of nitrogens with zero attached hydrogens (tertiary/aromatic N) is 1. The Bertz CT molecular complexity index is 815. The van der Waals surface area contributed by atoms with E-state index < -0.39 is 18.0 Å². The minimum absolute atomic E-state index is 0.0231. The van der Waals surface area contributed by atoms with E-state index >= 15 is 0 Å². The number of aryl methyl sites for hydroxylation is 1. The first kappa shape index (κ1) is 20.0. The van der Waals surface area contributed by atoms with Gasteiger partial charge in [-0.25, -0.2) is 4.79 Å². The zero-order chi connectivity index (χ0) is 20.0. The van der Waals surface area contributed by atoms with E-state index in [4.69, 9.17) is 4.74 Å². The van der Waals surface area contributed by atoms with E-state index in [2.05, 4.69) is 5.32 Å². The van der Waals surface area contributed by atoms with Gasteiger partial charge in [0, 0.05) is 12.7 Å². The summed E-state index contributed by atoms with van der Waals surface area (Å²) < 4.78 is 5.13. The Kier molecular flexibility index (Phi) is 6.54. The van der Waals surface area contributed by atoms with Gasteiger partial charge in [0.05, 0.1) is 12.1 Å². The van der Waals surface area contributed by atoms with E-state index in [1.165, 1.54) is 43.1 Å². The number of esters is 1. The van der Waals surface area contributed by atoms with Crippen LogP contribution in [0.5, 0.6) is 5.75 Å². The first-order valence-corrected chi connectivity index (χ1v) is 8.38. The van der Waals surface area contributed by atoms with Gasteiger partial charge in [0.15, 0.2) is 6.10 Å². The van der Waals surface area contributed by atoms with E-state index in [0.29, 0.717) is 5.69 Å². The van der Waals surface area contributed by atoms with Crippen LogP contribution >= 0.6 is 0 Å². The fourth-order valence-electron chi connectivity index (χ4n) is 2.32. The van der Waals surface area contributed by atoms with Crippen LogP contribution < -0.4 is 5.32 Å². The largest absolute Gasteiger partial charge is 0.508 e. The summed E-state index contributed by atoms with van der Waals surface area (Å²) in [5, 5.41) is 11.9. The summed E-state index contributed by atoms with van der Waals surface area (Å²) in [5.41, 5.74) is 1.93. The van der Waals surface area contributed by atoms with Crippen molar-refractivity contribution in [1.29, 1.82) is 0 Å². The molecule has 0 saturated carbocycles. The smallest absolute Gasteiger partial charge is 0.338 e. The number of carbonyl (C=O) groups is 3. The summed E-state index contributed by atoms with van der Waals surface area (Å²) in [6.07, 6.45) is -1.05. The lowest BCUT2D eigenvalue weighted by Gasteiger charge is -2.21. The maximum Gasteiger partial charge on any atom is 0.338 e. The zero-order valence-electron chi connectivity index (χ0n) is 15.4. The first-order valence-electron chi connectivity index (χ1n) is 8.38. The van der Waals surface area contributed by atoms with Crippen LogP contribution in [0.1, 0.15) is 22.8 Å². The highest BCUT2D eigenvalue weighted by molar-refractivity contribution is 5.96. The topological polar surface area (TPSA) is 95.9 Å². The van der Waals surface area contributed by atoms with Crippen LogP contribution in [-0.4, -0.2) is 47.5 Å². The summed E-state index contributed by atoms with van der Waals surface area (Å²) in [7, 11) is 1.46. The van der Waals surface area contributed by atoms with Gasteiger partial charge >= 0.3 is 5.97 Å². The SMILES string of the molecule is Cc1ccc(NC(=O)CN(C)C(=O)[C@@H](C)OC(=O)c2ccc(O)cc2)cc1. The molecule has 0 bridgehead atoms. The number of likely N-dealkylation sites (N-methyl/N-ethyl adjacent to an activating group) is 1. The highest BCUT2D eigenvalue weighted by Crippen LogP contribution is 2.12. The number of benzene rings is 2. The third kappa shape index (κ3) is 5.85. The standard InChI is InChI=1S/C20H22N2O5/c1-13-4-8-16(9-5-13)21-18(24)12-22(3)19(25)14(2)27-20(26)15-6-10-17(23)11-7-15/h4-11,14,23H,12H2,1-3H3,(H,21,24)/t14-/m1/s1. The van der Waals surface area contributed by atoms with Crippen molar-refractivity contribution in [1.82, 2.24) is 4.90 Å². The molecular weight excluding hydrogens is 348 g/mol. The van der Waals surface area contributed by atoms with Crippen LogP contribution in [0.15, 0.2) is 48.5 Å². The lowest BCUT2D eigenvalue weighted by Crippen LogP contribution is -2.41. The quantitative estimate of drug-likeness (QED) is 0.761. The van der Waals surface area contributed by atoms with Crippen LogP contribution in [0.4, 0.5) is 5.69 Å². The van der Waals surface area contributed by atoms with E-state index in [9.17, 15) is 19.5 Å². The van der Waals surface area contributed by atoms with Gasteiger partial charge in [-0.1, -0.05) is 17.7 Å². The van der Waals surface area contributed by atoms with E-state index in [0.717, 1.165) is 5.56 Å². The number of rotatable bonds is 6. The number of hydrogen-bond acceptors (Lipinski definition) is 5. The number of carbonyl (C=O) groups excluding carboxylic acids is 3. The molecule has 0 saturated heterocycles. The average Bonchev–Trinajstić information content (AvgIpc) is 2.63. The van der Waals surface area contributed by atoms with Crippen LogP contribution in [0.3, 0.4) is 0 Å². The molecule has 0 radical (unpaired) electrons. The molecule has 0 heterocycles. The predicted molar refractivity (Wildman–Crippen MR) is 100 cm³/mol. The average molecular weight is 370 g/mol. The van der Waals surface area contributed by atoms with Gasteiger partial charge in [0.1, 0.15) is 5.75 Å². The molecular formula is C20H22N2O5. The number of amides is 2. The van der Waals surface area contributed by atoms with Crippen molar-refractivity contribution in [3.8, 4) is 5.75 Å². The van der Waals surface area contributed by atoms with Crippen LogP contribution in [0, 0.1) is 6.92 Å². The fraction of sp³-hybridized carbons (Fsp3) is 0.250. The minimum Gasteiger partial charge on any atom is -0.508 e. The molecule has 7 heteroatoms. The molecule has 0 spiro atoms. The predicted octanol–water partition coefficient (Wildman–Crippen LogP) is 2.34. The summed E-state index contributed by atoms with van der Waals surface area (Å²) in [4.78, 5) is 37.6. The molecule has 0 aliphatic rings. The number of phenolic OH excluding ortho intramolecular Hbond substituents is 1. The van der Waals surface area contributed by atoms with Gasteiger partial charge in [0.25, 0.3) is 5.91 Å². The van der Waals surface area contributed by atoms with Crippen molar-refractivity contribution >= 4 is 23.5 Å². The number of ether oxygens (including phenoxy) is 1. The van der Waals surface area contributed by atoms with Crippen molar-refractivity contribution in [3.05, 3.63) is 59.7 Å². The number of nitrogens with one attached hydrogen (secondary N) is 1. The molecule has 0 aliphatic heterocycles. The summed E-state index contributed by atoms with van der Waals surface area (Å²) in [6.45, 7) is 3.21. The number of anilines is 1. The Morgan fingerprint density at radius 3 is 2.26 bits per heavy atom. The van der Waals surface area contributed by atoms with E-state index in [1.807, 2.05) is 19.1 Å². The summed E-state index contributed by atoms with van der Waals surface area (Å²) in [5.74, 6) is -1.52. The molecule has 2 amide bonds. The maximum atomic E-state index is 12.3. The fourth-order valence-corrected chi connectivity index (χ4v) is 2.32. The second-order valence-electron chi connectivity index (χ2n) is 6.20. The summed E-state index contributed by atoms with van der Waals surface area (Å²) >= 11 is 0. The molecule has 0 aliphatic carbocycles. The molecule has 7 nitrogen and oxygen atoms in total. The van der Waals surface area contributed by atoms with Crippen molar-refractivity contribution in [2.45, 2.75) is 20.0 Å². The van der Waals surface area contributed by atoms with Crippen molar-refractivity contribution in [2.75, 3.05) is 18.9 Å². The monoisotopic (exact) mass is 370 g/mol. The van der Waals surface area contributed by atoms with Gasteiger partial charge in [-0.2, -0.15) is 0 Å². The lowest BCUT2D eigenvalue weighted by atomic mass is 10.2.